The summed E-state index contributed by atoms with van der Waals surface area (Å²) < 4.78 is 5.73. The van der Waals surface area contributed by atoms with Gasteiger partial charge in [0.25, 0.3) is 0 Å². The molecule has 2 N–H and O–H groups in total. The highest BCUT2D eigenvalue weighted by Crippen LogP contribution is 2.15. The van der Waals surface area contributed by atoms with Crippen molar-refractivity contribution in [2.75, 3.05) is 19.6 Å². The van der Waals surface area contributed by atoms with Gasteiger partial charge < -0.3 is 10.5 Å². The molecule has 0 aliphatic carbocycles. The molecule has 84 valence electrons. The number of hydrogen-bond acceptors (Lipinski definition) is 3. The molecule has 1 rings (SSSR count). The van der Waals surface area contributed by atoms with Crippen molar-refractivity contribution in [1.82, 2.24) is 4.90 Å². The van der Waals surface area contributed by atoms with Gasteiger partial charge >= 0.3 is 0 Å². The van der Waals surface area contributed by atoms with Gasteiger partial charge in [0.15, 0.2) is 0 Å². The minimum atomic E-state index is 0.234. The van der Waals surface area contributed by atoms with Crippen molar-refractivity contribution >= 4 is 0 Å². The van der Waals surface area contributed by atoms with Crippen molar-refractivity contribution in [3.05, 3.63) is 0 Å². The molecule has 0 aromatic rings. The van der Waals surface area contributed by atoms with Crippen LogP contribution in [-0.2, 0) is 4.74 Å². The minimum absolute atomic E-state index is 0.234. The zero-order valence-corrected chi connectivity index (χ0v) is 9.70. The highest BCUT2D eigenvalue weighted by molar-refractivity contribution is 4.79. The molecular formula is C11H24N2O. The molecule has 0 aromatic carbocycles. The normalized spacial score (nSPS) is 31.7. The molecule has 1 heterocycles. The standard InChI is InChI=1S/C11H24N2O/c1-4-5-9(2)13-7-10(3)14-11(6-12)8-13/h9-11H,4-8,12H2,1-3H3. The Morgan fingerprint density at radius 2 is 2.21 bits per heavy atom. The lowest BCUT2D eigenvalue weighted by atomic mass is 10.1. The largest absolute Gasteiger partial charge is 0.371 e. The first-order valence-corrected chi connectivity index (χ1v) is 5.77. The molecule has 0 radical (unpaired) electrons. The summed E-state index contributed by atoms with van der Waals surface area (Å²) >= 11 is 0. The first kappa shape index (κ1) is 12.0. The highest BCUT2D eigenvalue weighted by Gasteiger charge is 2.26. The lowest BCUT2D eigenvalue weighted by Crippen LogP contribution is -2.52. The van der Waals surface area contributed by atoms with Crippen molar-refractivity contribution in [2.24, 2.45) is 5.73 Å². The molecule has 3 nitrogen and oxygen atoms in total. The maximum Gasteiger partial charge on any atom is 0.0828 e. The van der Waals surface area contributed by atoms with Crippen LogP contribution in [0.3, 0.4) is 0 Å². The maximum absolute atomic E-state index is 5.73. The van der Waals surface area contributed by atoms with E-state index in [1.54, 1.807) is 0 Å². The van der Waals surface area contributed by atoms with Crippen molar-refractivity contribution in [3.63, 3.8) is 0 Å². The Morgan fingerprint density at radius 3 is 2.79 bits per heavy atom. The van der Waals surface area contributed by atoms with Crippen LogP contribution in [0.15, 0.2) is 0 Å². The van der Waals surface area contributed by atoms with E-state index in [0.29, 0.717) is 18.7 Å². The third-order valence-electron chi connectivity index (χ3n) is 2.95. The van der Waals surface area contributed by atoms with Gasteiger partial charge in [-0.05, 0) is 20.3 Å². The van der Waals surface area contributed by atoms with Gasteiger partial charge in [-0.2, -0.15) is 0 Å². The SMILES string of the molecule is CCCC(C)N1CC(C)OC(CN)C1. The fraction of sp³-hybridized carbons (Fsp3) is 1.00. The summed E-state index contributed by atoms with van der Waals surface area (Å²) in [4.78, 5) is 2.51. The second-order valence-electron chi connectivity index (χ2n) is 4.40. The van der Waals surface area contributed by atoms with E-state index in [-0.39, 0.29) is 6.10 Å². The van der Waals surface area contributed by atoms with Crippen molar-refractivity contribution in [1.29, 1.82) is 0 Å². The van der Waals surface area contributed by atoms with E-state index < -0.39 is 0 Å². The predicted octanol–water partition coefficient (Wildman–Crippen LogP) is 1.22. The van der Waals surface area contributed by atoms with Gasteiger partial charge in [0, 0.05) is 25.7 Å². The van der Waals surface area contributed by atoms with Crippen LogP contribution in [-0.4, -0.2) is 42.8 Å². The second-order valence-corrected chi connectivity index (χ2v) is 4.40. The number of ether oxygens (including phenoxy) is 1. The van der Waals surface area contributed by atoms with Gasteiger partial charge in [0.2, 0.25) is 0 Å². The topological polar surface area (TPSA) is 38.5 Å². The quantitative estimate of drug-likeness (QED) is 0.741. The van der Waals surface area contributed by atoms with Crippen LogP contribution in [0.4, 0.5) is 0 Å². The smallest absolute Gasteiger partial charge is 0.0828 e. The van der Waals surface area contributed by atoms with Crippen LogP contribution >= 0.6 is 0 Å². The Hall–Kier alpha value is -0.120. The van der Waals surface area contributed by atoms with Gasteiger partial charge in [-0.1, -0.05) is 13.3 Å². The van der Waals surface area contributed by atoms with Gasteiger partial charge in [0.1, 0.15) is 0 Å². The van der Waals surface area contributed by atoms with Crippen LogP contribution in [0, 0.1) is 0 Å². The molecule has 0 saturated carbocycles. The average molecular weight is 200 g/mol. The number of hydrogen-bond donors (Lipinski definition) is 1. The molecule has 3 atom stereocenters. The first-order valence-electron chi connectivity index (χ1n) is 5.77. The summed E-state index contributed by atoms with van der Waals surface area (Å²) in [7, 11) is 0. The Morgan fingerprint density at radius 1 is 1.50 bits per heavy atom. The number of nitrogens with zero attached hydrogens (tertiary/aromatic N) is 1. The van der Waals surface area contributed by atoms with E-state index in [9.17, 15) is 0 Å². The molecule has 0 aromatic heterocycles. The highest BCUT2D eigenvalue weighted by atomic mass is 16.5. The van der Waals surface area contributed by atoms with Gasteiger partial charge in [-0.15, -0.1) is 0 Å². The molecular weight excluding hydrogens is 176 g/mol. The summed E-state index contributed by atoms with van der Waals surface area (Å²) in [6, 6.07) is 0.667. The van der Waals surface area contributed by atoms with Gasteiger partial charge in [0.05, 0.1) is 12.2 Å². The van der Waals surface area contributed by atoms with E-state index in [0.717, 1.165) is 13.1 Å². The van der Waals surface area contributed by atoms with Crippen LogP contribution < -0.4 is 5.73 Å². The molecule has 0 amide bonds. The van der Waals surface area contributed by atoms with Gasteiger partial charge in [-0.25, -0.2) is 0 Å². The summed E-state index contributed by atoms with van der Waals surface area (Å²) in [5.74, 6) is 0. The Bertz CT molecular complexity index is 163. The lowest BCUT2D eigenvalue weighted by molar-refractivity contribution is -0.0829. The zero-order chi connectivity index (χ0) is 10.6. The second kappa shape index (κ2) is 5.69. The Kier molecular flexibility index (Phi) is 4.85. The van der Waals surface area contributed by atoms with Crippen LogP contribution in [0.1, 0.15) is 33.6 Å². The lowest BCUT2D eigenvalue weighted by Gasteiger charge is -2.39. The van der Waals surface area contributed by atoms with Gasteiger partial charge in [-0.3, -0.25) is 4.90 Å². The van der Waals surface area contributed by atoms with E-state index in [4.69, 9.17) is 10.5 Å². The fourth-order valence-electron chi connectivity index (χ4n) is 2.17. The first-order chi connectivity index (χ1) is 6.67. The van der Waals surface area contributed by atoms with E-state index in [2.05, 4.69) is 25.7 Å². The third-order valence-corrected chi connectivity index (χ3v) is 2.95. The van der Waals surface area contributed by atoms with Crippen molar-refractivity contribution in [3.8, 4) is 0 Å². The third kappa shape index (κ3) is 3.23. The zero-order valence-electron chi connectivity index (χ0n) is 9.70. The summed E-state index contributed by atoms with van der Waals surface area (Å²) in [6.07, 6.45) is 3.08. The van der Waals surface area contributed by atoms with Crippen molar-refractivity contribution in [2.45, 2.75) is 51.9 Å². The van der Waals surface area contributed by atoms with Crippen LogP contribution in [0.25, 0.3) is 0 Å². The average Bonchev–Trinajstić information content (AvgIpc) is 2.17. The monoisotopic (exact) mass is 200 g/mol. The number of morpholine rings is 1. The maximum atomic E-state index is 5.73. The fourth-order valence-corrected chi connectivity index (χ4v) is 2.17. The summed E-state index contributed by atoms with van der Waals surface area (Å²) in [5.41, 5.74) is 5.65. The molecule has 3 unspecified atom stereocenters. The molecule has 1 fully saturated rings. The molecule has 1 aliphatic rings. The number of nitrogens with two attached hydrogens (primary N) is 1. The molecule has 1 saturated heterocycles. The van der Waals surface area contributed by atoms with Crippen LogP contribution in [0.5, 0.6) is 0 Å². The summed E-state index contributed by atoms with van der Waals surface area (Å²) in [5, 5.41) is 0. The molecule has 3 heteroatoms. The Balaban J connectivity index is 2.43. The molecule has 1 aliphatic heterocycles. The Labute approximate surface area is 87.6 Å². The minimum Gasteiger partial charge on any atom is -0.371 e. The van der Waals surface area contributed by atoms with Crippen LogP contribution in [0.2, 0.25) is 0 Å². The summed E-state index contributed by atoms with van der Waals surface area (Å²) in [6.45, 7) is 9.36. The number of rotatable bonds is 4. The molecule has 14 heavy (non-hydrogen) atoms. The van der Waals surface area contributed by atoms with E-state index >= 15 is 0 Å². The predicted molar refractivity (Wildman–Crippen MR) is 59.3 cm³/mol. The van der Waals surface area contributed by atoms with E-state index in [1.807, 2.05) is 0 Å². The van der Waals surface area contributed by atoms with Crippen molar-refractivity contribution < 1.29 is 4.74 Å². The molecule has 0 spiro atoms. The van der Waals surface area contributed by atoms with E-state index in [1.165, 1.54) is 12.8 Å². The molecule has 0 bridgehead atoms.